The van der Waals surface area contributed by atoms with E-state index in [4.69, 9.17) is 0 Å². The molecule has 0 radical (unpaired) electrons. The molecule has 2 aromatic rings. The zero-order chi connectivity index (χ0) is 14.5. The number of nitrogens with one attached hydrogen (secondary N) is 1. The lowest BCUT2D eigenvalue weighted by Gasteiger charge is -2.26. The zero-order valence-electron chi connectivity index (χ0n) is 11.9. The number of aromatic amines is 1. The van der Waals surface area contributed by atoms with Crippen molar-refractivity contribution >= 4 is 5.91 Å². The van der Waals surface area contributed by atoms with Crippen LogP contribution in [0.25, 0.3) is 0 Å². The van der Waals surface area contributed by atoms with Gasteiger partial charge in [-0.2, -0.15) is 5.10 Å². The lowest BCUT2D eigenvalue weighted by molar-refractivity contribution is -0.126. The number of rotatable bonds is 4. The van der Waals surface area contributed by atoms with Crippen LogP contribution in [0.15, 0.2) is 48.3 Å². The first-order valence-corrected chi connectivity index (χ1v) is 6.41. The van der Waals surface area contributed by atoms with Crippen molar-refractivity contribution in [1.82, 2.24) is 20.1 Å². The number of benzene rings is 1. The highest BCUT2D eigenvalue weighted by Crippen LogP contribution is 2.24. The SMILES string of the molecule is CC(C)=CC(=O)N(C)C(c1ccccc1)c1ncn[nH]1. The Morgan fingerprint density at radius 2 is 2.00 bits per heavy atom. The maximum absolute atomic E-state index is 12.3. The molecule has 104 valence electrons. The predicted octanol–water partition coefficient (Wildman–Crippen LogP) is 2.32. The molecule has 0 saturated carbocycles. The maximum Gasteiger partial charge on any atom is 0.247 e. The average Bonchev–Trinajstić information content (AvgIpc) is 2.93. The Kier molecular flexibility index (Phi) is 4.30. The molecular formula is C15H18N4O. The molecule has 0 bridgehead atoms. The lowest BCUT2D eigenvalue weighted by atomic mass is 10.0. The Morgan fingerprint density at radius 3 is 2.55 bits per heavy atom. The minimum atomic E-state index is -0.276. The van der Waals surface area contributed by atoms with E-state index in [-0.39, 0.29) is 11.9 Å². The number of carbonyl (C=O) groups is 1. The standard InChI is InChI=1S/C15H18N4O/c1-11(2)9-13(20)19(3)14(15-16-10-17-18-15)12-7-5-4-6-8-12/h4-10,14H,1-3H3,(H,16,17,18). The minimum Gasteiger partial charge on any atom is -0.328 e. The number of amides is 1. The number of hydrogen-bond acceptors (Lipinski definition) is 3. The summed E-state index contributed by atoms with van der Waals surface area (Å²) in [5.74, 6) is 0.587. The molecule has 5 heteroatoms. The first-order chi connectivity index (χ1) is 9.59. The van der Waals surface area contributed by atoms with E-state index in [1.54, 1.807) is 18.0 Å². The second kappa shape index (κ2) is 6.14. The quantitative estimate of drug-likeness (QED) is 0.867. The summed E-state index contributed by atoms with van der Waals surface area (Å²) >= 11 is 0. The first kappa shape index (κ1) is 14.0. The summed E-state index contributed by atoms with van der Waals surface area (Å²) in [6.45, 7) is 3.80. The van der Waals surface area contributed by atoms with E-state index in [1.165, 1.54) is 6.33 Å². The molecule has 1 aromatic heterocycles. The summed E-state index contributed by atoms with van der Waals surface area (Å²) in [6, 6.07) is 9.50. The maximum atomic E-state index is 12.3. The van der Waals surface area contributed by atoms with Crippen LogP contribution in [0.3, 0.4) is 0 Å². The van der Waals surface area contributed by atoms with E-state index in [2.05, 4.69) is 15.2 Å². The average molecular weight is 270 g/mol. The van der Waals surface area contributed by atoms with Gasteiger partial charge in [0.25, 0.3) is 0 Å². The van der Waals surface area contributed by atoms with Gasteiger partial charge in [-0.3, -0.25) is 9.89 Å². The van der Waals surface area contributed by atoms with E-state index >= 15 is 0 Å². The second-order valence-corrected chi connectivity index (χ2v) is 4.85. The molecule has 20 heavy (non-hydrogen) atoms. The van der Waals surface area contributed by atoms with E-state index in [0.717, 1.165) is 11.1 Å². The molecular weight excluding hydrogens is 252 g/mol. The fourth-order valence-corrected chi connectivity index (χ4v) is 2.02. The van der Waals surface area contributed by atoms with Gasteiger partial charge in [-0.05, 0) is 19.4 Å². The molecule has 1 N–H and O–H groups in total. The molecule has 1 heterocycles. The number of aromatic nitrogens is 3. The molecule has 5 nitrogen and oxygen atoms in total. The third-order valence-corrected chi connectivity index (χ3v) is 2.96. The van der Waals surface area contributed by atoms with Crippen LogP contribution in [0.5, 0.6) is 0 Å². The van der Waals surface area contributed by atoms with Crippen LogP contribution >= 0.6 is 0 Å². The van der Waals surface area contributed by atoms with Crippen molar-refractivity contribution in [2.45, 2.75) is 19.9 Å². The van der Waals surface area contributed by atoms with Crippen molar-refractivity contribution in [3.63, 3.8) is 0 Å². The van der Waals surface area contributed by atoms with Gasteiger partial charge in [0.05, 0.1) is 0 Å². The van der Waals surface area contributed by atoms with Crippen LogP contribution < -0.4 is 0 Å². The van der Waals surface area contributed by atoms with Gasteiger partial charge in [0, 0.05) is 13.1 Å². The molecule has 0 aliphatic heterocycles. The zero-order valence-corrected chi connectivity index (χ0v) is 11.9. The molecule has 1 unspecified atom stereocenters. The Hall–Kier alpha value is -2.43. The van der Waals surface area contributed by atoms with Crippen LogP contribution in [0.4, 0.5) is 0 Å². The normalized spacial score (nSPS) is 11.8. The van der Waals surface area contributed by atoms with E-state index in [1.807, 2.05) is 44.2 Å². The predicted molar refractivity (Wildman–Crippen MR) is 76.9 cm³/mol. The Balaban J connectivity index is 2.38. The lowest BCUT2D eigenvalue weighted by Crippen LogP contribution is -2.31. The third-order valence-electron chi connectivity index (χ3n) is 2.96. The van der Waals surface area contributed by atoms with Gasteiger partial charge in [0.15, 0.2) is 5.82 Å². The summed E-state index contributed by atoms with van der Waals surface area (Å²) in [5.41, 5.74) is 1.95. The largest absolute Gasteiger partial charge is 0.328 e. The highest BCUT2D eigenvalue weighted by Gasteiger charge is 2.24. The molecule has 0 aliphatic carbocycles. The third kappa shape index (κ3) is 3.12. The number of H-pyrrole nitrogens is 1. The smallest absolute Gasteiger partial charge is 0.247 e. The van der Waals surface area contributed by atoms with Crippen molar-refractivity contribution < 1.29 is 4.79 Å². The summed E-state index contributed by atoms with van der Waals surface area (Å²) in [4.78, 5) is 18.1. The van der Waals surface area contributed by atoms with Crippen molar-refractivity contribution in [2.24, 2.45) is 0 Å². The van der Waals surface area contributed by atoms with Gasteiger partial charge in [-0.1, -0.05) is 35.9 Å². The summed E-state index contributed by atoms with van der Waals surface area (Å²) in [7, 11) is 1.77. The first-order valence-electron chi connectivity index (χ1n) is 6.41. The Bertz CT molecular complexity index is 586. The highest BCUT2D eigenvalue weighted by molar-refractivity contribution is 5.88. The number of carbonyl (C=O) groups excluding carboxylic acids is 1. The minimum absolute atomic E-state index is 0.0600. The molecule has 2 rings (SSSR count). The molecule has 0 fully saturated rings. The van der Waals surface area contributed by atoms with Gasteiger partial charge >= 0.3 is 0 Å². The van der Waals surface area contributed by atoms with Crippen molar-refractivity contribution in [3.8, 4) is 0 Å². The van der Waals surface area contributed by atoms with Crippen molar-refractivity contribution in [1.29, 1.82) is 0 Å². The van der Waals surface area contributed by atoms with Crippen LogP contribution in [-0.4, -0.2) is 33.0 Å². The summed E-state index contributed by atoms with van der Waals surface area (Å²) < 4.78 is 0. The number of allylic oxidation sites excluding steroid dienone is 1. The van der Waals surface area contributed by atoms with Crippen molar-refractivity contribution in [3.05, 3.63) is 59.7 Å². The van der Waals surface area contributed by atoms with Crippen LogP contribution in [0.1, 0.15) is 31.3 Å². The monoisotopic (exact) mass is 270 g/mol. The highest BCUT2D eigenvalue weighted by atomic mass is 16.2. The molecule has 1 aromatic carbocycles. The summed E-state index contributed by atoms with van der Waals surface area (Å²) in [5, 5.41) is 6.73. The van der Waals surface area contributed by atoms with Gasteiger partial charge < -0.3 is 4.90 Å². The fourth-order valence-electron chi connectivity index (χ4n) is 2.02. The Morgan fingerprint density at radius 1 is 1.30 bits per heavy atom. The molecule has 1 atom stereocenters. The number of nitrogens with zero attached hydrogens (tertiary/aromatic N) is 3. The second-order valence-electron chi connectivity index (χ2n) is 4.85. The van der Waals surface area contributed by atoms with E-state index < -0.39 is 0 Å². The van der Waals surface area contributed by atoms with Gasteiger partial charge in [-0.25, -0.2) is 4.98 Å². The van der Waals surface area contributed by atoms with E-state index in [0.29, 0.717) is 5.82 Å². The van der Waals surface area contributed by atoms with Crippen molar-refractivity contribution in [2.75, 3.05) is 7.05 Å². The van der Waals surface area contributed by atoms with Crippen LogP contribution in [-0.2, 0) is 4.79 Å². The molecule has 0 spiro atoms. The van der Waals surface area contributed by atoms with Gasteiger partial charge in [-0.15, -0.1) is 0 Å². The summed E-state index contributed by atoms with van der Waals surface area (Å²) in [6.07, 6.45) is 3.07. The number of hydrogen-bond donors (Lipinski definition) is 1. The van der Waals surface area contributed by atoms with Gasteiger partial charge in [0.1, 0.15) is 12.4 Å². The Labute approximate surface area is 118 Å². The van der Waals surface area contributed by atoms with Crippen LogP contribution in [0, 0.1) is 0 Å². The van der Waals surface area contributed by atoms with Gasteiger partial charge in [0.2, 0.25) is 5.91 Å². The molecule has 1 amide bonds. The number of likely N-dealkylation sites (N-methyl/N-ethyl adjacent to an activating group) is 1. The fraction of sp³-hybridized carbons (Fsp3) is 0.267. The molecule has 0 saturated heterocycles. The molecule has 0 aliphatic rings. The van der Waals surface area contributed by atoms with Crippen LogP contribution in [0.2, 0.25) is 0 Å². The van der Waals surface area contributed by atoms with E-state index in [9.17, 15) is 4.79 Å². The topological polar surface area (TPSA) is 61.9 Å².